The van der Waals surface area contributed by atoms with E-state index in [0.717, 1.165) is 6.42 Å². The van der Waals surface area contributed by atoms with Crippen molar-refractivity contribution in [3.05, 3.63) is 23.5 Å². The van der Waals surface area contributed by atoms with Gasteiger partial charge in [-0.25, -0.2) is 4.98 Å². The lowest BCUT2D eigenvalue weighted by Crippen LogP contribution is -2.37. The molecule has 1 aliphatic heterocycles. The highest BCUT2D eigenvalue weighted by atomic mass is 35.5. The van der Waals surface area contributed by atoms with Crippen LogP contribution >= 0.6 is 11.6 Å². The molecule has 1 atom stereocenters. The minimum Gasteiger partial charge on any atom is -0.490 e. The minimum absolute atomic E-state index is 0.449. The Balaban J connectivity index is 1.77. The number of hydrogen-bond donors (Lipinski definition) is 0. The summed E-state index contributed by atoms with van der Waals surface area (Å²) in [6, 6.07) is 4.35. The second kappa shape index (κ2) is 6.22. The fourth-order valence-corrected chi connectivity index (χ4v) is 2.47. The molecule has 4 heteroatoms. The van der Waals surface area contributed by atoms with Crippen molar-refractivity contribution >= 4 is 11.6 Å². The van der Waals surface area contributed by atoms with Gasteiger partial charge in [-0.2, -0.15) is 0 Å². The van der Waals surface area contributed by atoms with Gasteiger partial charge in [-0.05, 0) is 45.0 Å². The third-order valence-corrected chi connectivity index (χ3v) is 3.64. The first kappa shape index (κ1) is 12.7. The Labute approximate surface area is 108 Å². The Morgan fingerprint density at radius 3 is 3.18 bits per heavy atom. The number of ether oxygens (including phenoxy) is 1. The zero-order valence-corrected chi connectivity index (χ0v) is 11.0. The second-order valence-corrected chi connectivity index (χ2v) is 4.92. The maximum absolute atomic E-state index is 5.93. The van der Waals surface area contributed by atoms with Crippen LogP contribution in [0.25, 0.3) is 0 Å². The maximum Gasteiger partial charge on any atom is 0.171 e. The summed E-state index contributed by atoms with van der Waals surface area (Å²) in [6.07, 6.45) is 6.66. The molecule has 1 aromatic heterocycles. The highest BCUT2D eigenvalue weighted by Gasteiger charge is 2.18. The topological polar surface area (TPSA) is 25.4 Å². The predicted molar refractivity (Wildman–Crippen MR) is 69.6 cm³/mol. The maximum atomic E-state index is 5.93. The van der Waals surface area contributed by atoms with E-state index in [1.807, 2.05) is 12.1 Å². The number of hydrogen-bond acceptors (Lipinski definition) is 3. The van der Waals surface area contributed by atoms with Gasteiger partial charge in [-0.3, -0.25) is 0 Å². The van der Waals surface area contributed by atoms with Crippen molar-refractivity contribution in [2.24, 2.45) is 0 Å². The number of halogens is 1. The molecule has 0 N–H and O–H groups in total. The molecule has 94 valence electrons. The van der Waals surface area contributed by atoms with Gasteiger partial charge in [0.1, 0.15) is 0 Å². The van der Waals surface area contributed by atoms with E-state index in [1.54, 1.807) is 6.20 Å². The van der Waals surface area contributed by atoms with Crippen LogP contribution in [0.5, 0.6) is 5.75 Å². The summed E-state index contributed by atoms with van der Waals surface area (Å²) in [7, 11) is 2.20. The van der Waals surface area contributed by atoms with Crippen molar-refractivity contribution in [3.8, 4) is 5.75 Å². The molecule has 17 heavy (non-hydrogen) atoms. The lowest BCUT2D eigenvalue weighted by Gasteiger charge is -2.32. The first-order valence-corrected chi connectivity index (χ1v) is 6.59. The number of nitrogens with zero attached hydrogens (tertiary/aromatic N) is 2. The molecule has 1 aliphatic rings. The van der Waals surface area contributed by atoms with Crippen molar-refractivity contribution in [3.63, 3.8) is 0 Å². The van der Waals surface area contributed by atoms with Gasteiger partial charge in [0.05, 0.1) is 6.61 Å². The van der Waals surface area contributed by atoms with Crippen LogP contribution in [0.2, 0.25) is 5.15 Å². The Bertz CT molecular complexity index is 359. The fraction of sp³-hybridized carbons (Fsp3) is 0.615. The lowest BCUT2D eigenvalue weighted by molar-refractivity contribution is 0.153. The van der Waals surface area contributed by atoms with Gasteiger partial charge < -0.3 is 9.64 Å². The Hall–Kier alpha value is -0.800. The minimum atomic E-state index is 0.449. The summed E-state index contributed by atoms with van der Waals surface area (Å²) in [6.45, 7) is 1.92. The summed E-state index contributed by atoms with van der Waals surface area (Å²) in [5.74, 6) is 0.688. The largest absolute Gasteiger partial charge is 0.490 e. The van der Waals surface area contributed by atoms with Crippen LogP contribution in [0, 0.1) is 0 Å². The van der Waals surface area contributed by atoms with Gasteiger partial charge in [0.25, 0.3) is 0 Å². The van der Waals surface area contributed by atoms with Crippen LogP contribution in [0.1, 0.15) is 25.7 Å². The summed E-state index contributed by atoms with van der Waals surface area (Å²) >= 11 is 5.93. The lowest BCUT2D eigenvalue weighted by atomic mass is 10.0. The third-order valence-electron chi connectivity index (χ3n) is 3.36. The molecule has 0 aromatic carbocycles. The van der Waals surface area contributed by atoms with Crippen LogP contribution in [-0.4, -0.2) is 36.1 Å². The first-order valence-electron chi connectivity index (χ1n) is 6.21. The van der Waals surface area contributed by atoms with Gasteiger partial charge >= 0.3 is 0 Å². The van der Waals surface area contributed by atoms with Crippen molar-refractivity contribution in [1.29, 1.82) is 0 Å². The van der Waals surface area contributed by atoms with Gasteiger partial charge in [0, 0.05) is 12.2 Å². The summed E-state index contributed by atoms with van der Waals surface area (Å²) in [4.78, 5) is 6.42. The van der Waals surface area contributed by atoms with Crippen molar-refractivity contribution in [2.75, 3.05) is 20.2 Å². The van der Waals surface area contributed by atoms with E-state index in [0.29, 0.717) is 23.6 Å². The predicted octanol–water partition coefficient (Wildman–Crippen LogP) is 2.99. The number of pyridine rings is 1. The van der Waals surface area contributed by atoms with Crippen molar-refractivity contribution in [2.45, 2.75) is 31.7 Å². The summed E-state index contributed by atoms with van der Waals surface area (Å²) < 4.78 is 5.67. The van der Waals surface area contributed by atoms with Crippen LogP contribution in [0.15, 0.2) is 18.3 Å². The zero-order chi connectivity index (χ0) is 12.1. The van der Waals surface area contributed by atoms with Gasteiger partial charge in [0.2, 0.25) is 0 Å². The van der Waals surface area contributed by atoms with Gasteiger partial charge in [-0.1, -0.05) is 18.0 Å². The molecule has 0 radical (unpaired) electrons. The molecule has 1 saturated heterocycles. The number of likely N-dealkylation sites (tertiary alicyclic amines) is 1. The molecule has 0 saturated carbocycles. The average Bonchev–Trinajstić information content (AvgIpc) is 2.34. The molecule has 0 amide bonds. The molecule has 0 spiro atoms. The average molecular weight is 255 g/mol. The number of rotatable bonds is 4. The monoisotopic (exact) mass is 254 g/mol. The number of piperidine rings is 1. The van der Waals surface area contributed by atoms with Crippen LogP contribution < -0.4 is 4.74 Å². The van der Waals surface area contributed by atoms with Crippen LogP contribution in [-0.2, 0) is 0 Å². The fourth-order valence-electron chi connectivity index (χ4n) is 2.29. The Kier molecular flexibility index (Phi) is 4.63. The number of aromatic nitrogens is 1. The van der Waals surface area contributed by atoms with Crippen LogP contribution in [0.3, 0.4) is 0 Å². The highest BCUT2D eigenvalue weighted by molar-refractivity contribution is 6.30. The second-order valence-electron chi connectivity index (χ2n) is 4.56. The van der Waals surface area contributed by atoms with E-state index in [4.69, 9.17) is 16.3 Å². The summed E-state index contributed by atoms with van der Waals surface area (Å²) in [5, 5.41) is 0.449. The zero-order valence-electron chi connectivity index (χ0n) is 10.2. The molecular formula is C13H19ClN2O. The highest BCUT2D eigenvalue weighted by Crippen LogP contribution is 2.22. The SMILES string of the molecule is CN1CCCCC1CCOc1cccnc1Cl. The molecule has 1 unspecified atom stereocenters. The molecule has 2 heterocycles. The van der Waals surface area contributed by atoms with E-state index in [9.17, 15) is 0 Å². The molecule has 3 nitrogen and oxygen atoms in total. The smallest absolute Gasteiger partial charge is 0.171 e. The van der Waals surface area contributed by atoms with E-state index in [1.165, 1.54) is 25.8 Å². The van der Waals surface area contributed by atoms with Gasteiger partial charge in [0.15, 0.2) is 10.9 Å². The molecular weight excluding hydrogens is 236 g/mol. The molecule has 1 fully saturated rings. The normalized spacial score (nSPS) is 21.4. The van der Waals surface area contributed by atoms with E-state index < -0.39 is 0 Å². The van der Waals surface area contributed by atoms with Gasteiger partial charge in [-0.15, -0.1) is 0 Å². The van der Waals surface area contributed by atoms with E-state index in [-0.39, 0.29) is 0 Å². The van der Waals surface area contributed by atoms with Crippen molar-refractivity contribution in [1.82, 2.24) is 9.88 Å². The Morgan fingerprint density at radius 2 is 2.41 bits per heavy atom. The third kappa shape index (κ3) is 3.58. The first-order chi connectivity index (χ1) is 8.27. The summed E-state index contributed by atoms with van der Waals surface area (Å²) in [5.41, 5.74) is 0. The van der Waals surface area contributed by atoms with E-state index in [2.05, 4.69) is 16.9 Å². The quantitative estimate of drug-likeness (QED) is 0.773. The van der Waals surface area contributed by atoms with Crippen molar-refractivity contribution < 1.29 is 4.74 Å². The standard InChI is InChI=1S/C13H19ClN2O/c1-16-9-3-2-5-11(16)7-10-17-12-6-4-8-15-13(12)14/h4,6,8,11H,2-3,5,7,9-10H2,1H3. The van der Waals surface area contributed by atoms with Crippen LogP contribution in [0.4, 0.5) is 0 Å². The molecule has 0 aliphatic carbocycles. The molecule has 2 rings (SSSR count). The van der Waals surface area contributed by atoms with E-state index >= 15 is 0 Å². The molecule has 1 aromatic rings. The Morgan fingerprint density at radius 1 is 1.53 bits per heavy atom. The molecule has 0 bridgehead atoms.